The molecule has 3 fully saturated rings. The maximum atomic E-state index is 12.4. The Morgan fingerprint density at radius 3 is 1.13 bits per heavy atom. The molecule has 0 radical (unpaired) electrons. The smallest absolute Gasteiger partial charge is 0.171 e. The normalized spacial score (nSPS) is 37.0. The van der Waals surface area contributed by atoms with E-state index in [1.54, 1.807) is 13.8 Å². The molecule has 228 valence electrons. The van der Waals surface area contributed by atoms with Crippen molar-refractivity contribution in [1.29, 1.82) is 0 Å². The van der Waals surface area contributed by atoms with Crippen molar-refractivity contribution >= 4 is 0 Å². The summed E-state index contributed by atoms with van der Waals surface area (Å²) in [6.45, 7) is 8.67. The van der Waals surface area contributed by atoms with Gasteiger partial charge in [-0.25, -0.2) is 0 Å². The molecule has 0 spiro atoms. The van der Waals surface area contributed by atoms with E-state index in [9.17, 15) is 52.7 Å². The molecule has 0 heterocycles. The molecule has 0 amide bonds. The predicted molar refractivity (Wildman–Crippen MR) is 121 cm³/mol. The Morgan fingerprint density at radius 2 is 0.842 bits per heavy atom. The van der Waals surface area contributed by atoms with Gasteiger partial charge in [-0.1, -0.05) is 47.5 Å². The fourth-order valence-electron chi connectivity index (χ4n) is 6.20. The second-order valence-electron chi connectivity index (χ2n) is 11.9. The quantitative estimate of drug-likeness (QED) is 0.250. The number of halogens is 12. The first-order chi connectivity index (χ1) is 16.9. The molecule has 12 heteroatoms. The Balaban J connectivity index is 0.000000289. The van der Waals surface area contributed by atoms with E-state index in [0.29, 0.717) is 12.8 Å². The van der Waals surface area contributed by atoms with Gasteiger partial charge >= 0.3 is 24.7 Å². The van der Waals surface area contributed by atoms with E-state index in [4.69, 9.17) is 0 Å². The molecule has 6 unspecified atom stereocenters. The van der Waals surface area contributed by atoms with E-state index in [-0.39, 0.29) is 36.5 Å². The van der Waals surface area contributed by atoms with Crippen LogP contribution in [0.15, 0.2) is 0 Å². The van der Waals surface area contributed by atoms with Gasteiger partial charge in [-0.3, -0.25) is 0 Å². The van der Waals surface area contributed by atoms with Crippen LogP contribution in [0.1, 0.15) is 86.0 Å². The maximum absolute atomic E-state index is 12.4. The molecule has 3 saturated carbocycles. The number of hydrogen-bond donors (Lipinski definition) is 0. The third kappa shape index (κ3) is 11.0. The summed E-state index contributed by atoms with van der Waals surface area (Å²) in [5, 5.41) is 0. The summed E-state index contributed by atoms with van der Waals surface area (Å²) in [5.74, 6) is -6.11. The summed E-state index contributed by atoms with van der Waals surface area (Å²) in [5.41, 5.74) is 0. The Morgan fingerprint density at radius 1 is 0.421 bits per heavy atom. The van der Waals surface area contributed by atoms with Gasteiger partial charge in [0.25, 0.3) is 0 Å². The van der Waals surface area contributed by atoms with Crippen LogP contribution < -0.4 is 0 Å². The van der Waals surface area contributed by atoms with Gasteiger partial charge in [0, 0.05) is 0 Å². The molecule has 38 heavy (non-hydrogen) atoms. The second kappa shape index (κ2) is 13.2. The van der Waals surface area contributed by atoms with Crippen molar-refractivity contribution in [3.05, 3.63) is 0 Å². The van der Waals surface area contributed by atoms with Crippen LogP contribution in [0.4, 0.5) is 52.7 Å². The van der Waals surface area contributed by atoms with E-state index in [1.807, 2.05) is 13.8 Å². The van der Waals surface area contributed by atoms with E-state index >= 15 is 0 Å². The lowest BCUT2D eigenvalue weighted by molar-refractivity contribution is -0.227. The SMILES string of the molecule is CC1CC(C(F)(F)F)CC(C(F)(F)F)C1.CC1CCCC(C(F)(F)F)[C@@H]1C.CC1C[C@H](C)CC1C(F)(F)F. The van der Waals surface area contributed by atoms with E-state index in [1.165, 1.54) is 6.92 Å². The highest BCUT2D eigenvalue weighted by molar-refractivity contribution is 4.85. The molecule has 3 aliphatic carbocycles. The molecular formula is C26H40F12. The highest BCUT2D eigenvalue weighted by Crippen LogP contribution is 2.48. The van der Waals surface area contributed by atoms with Gasteiger partial charge in [-0.05, 0) is 68.1 Å². The van der Waals surface area contributed by atoms with Gasteiger partial charge < -0.3 is 0 Å². The molecular weight excluding hydrogens is 540 g/mol. The molecule has 0 aromatic heterocycles. The Hall–Kier alpha value is -0.840. The zero-order valence-corrected chi connectivity index (χ0v) is 22.4. The van der Waals surface area contributed by atoms with Gasteiger partial charge in [0.15, 0.2) is 0 Å². The lowest BCUT2D eigenvalue weighted by Gasteiger charge is -2.35. The summed E-state index contributed by atoms with van der Waals surface area (Å²) in [4.78, 5) is 0. The molecule has 8 atom stereocenters. The van der Waals surface area contributed by atoms with Crippen LogP contribution in [0.3, 0.4) is 0 Å². The Bertz CT molecular complexity index is 668. The minimum Gasteiger partial charge on any atom is -0.171 e. The van der Waals surface area contributed by atoms with Crippen LogP contribution >= 0.6 is 0 Å². The first kappa shape index (κ1) is 35.2. The fraction of sp³-hybridized carbons (Fsp3) is 1.00. The van der Waals surface area contributed by atoms with Crippen molar-refractivity contribution in [3.63, 3.8) is 0 Å². The maximum Gasteiger partial charge on any atom is 0.392 e. The summed E-state index contributed by atoms with van der Waals surface area (Å²) in [6.07, 6.45) is -15.1. The number of alkyl halides is 12. The van der Waals surface area contributed by atoms with Crippen LogP contribution in [-0.2, 0) is 0 Å². The van der Waals surface area contributed by atoms with E-state index in [0.717, 1.165) is 19.3 Å². The lowest BCUT2D eigenvalue weighted by Crippen LogP contribution is -2.37. The average Bonchev–Trinajstić information content (AvgIpc) is 3.07. The number of rotatable bonds is 0. The van der Waals surface area contributed by atoms with E-state index < -0.39 is 60.7 Å². The van der Waals surface area contributed by atoms with Crippen LogP contribution in [0.5, 0.6) is 0 Å². The minimum absolute atomic E-state index is 0.176. The van der Waals surface area contributed by atoms with Crippen molar-refractivity contribution in [1.82, 2.24) is 0 Å². The van der Waals surface area contributed by atoms with Crippen molar-refractivity contribution in [3.8, 4) is 0 Å². The molecule has 3 aliphatic rings. The molecule has 0 aliphatic heterocycles. The molecule has 0 nitrogen and oxygen atoms in total. The molecule has 3 rings (SSSR count). The molecule has 0 aromatic rings. The molecule has 0 bridgehead atoms. The van der Waals surface area contributed by atoms with Crippen molar-refractivity contribution in [2.75, 3.05) is 0 Å². The Labute approximate surface area is 217 Å². The molecule has 0 N–H and O–H groups in total. The van der Waals surface area contributed by atoms with Crippen molar-refractivity contribution < 1.29 is 52.7 Å². The second-order valence-corrected chi connectivity index (χ2v) is 11.9. The van der Waals surface area contributed by atoms with E-state index in [2.05, 4.69) is 0 Å². The van der Waals surface area contributed by atoms with Gasteiger partial charge in [-0.15, -0.1) is 0 Å². The highest BCUT2D eigenvalue weighted by atomic mass is 19.4. The van der Waals surface area contributed by atoms with Crippen molar-refractivity contribution in [2.24, 2.45) is 53.3 Å². The third-order valence-electron chi connectivity index (χ3n) is 8.53. The monoisotopic (exact) mass is 580 g/mol. The summed E-state index contributed by atoms with van der Waals surface area (Å²) in [6, 6.07) is 0. The van der Waals surface area contributed by atoms with Gasteiger partial charge in [0.05, 0.1) is 23.7 Å². The van der Waals surface area contributed by atoms with Gasteiger partial charge in [-0.2, -0.15) is 52.7 Å². The van der Waals surface area contributed by atoms with Crippen LogP contribution in [0.25, 0.3) is 0 Å². The number of hydrogen-bond acceptors (Lipinski definition) is 0. The average molecular weight is 581 g/mol. The minimum atomic E-state index is -4.50. The Kier molecular flexibility index (Phi) is 12.2. The zero-order valence-electron chi connectivity index (χ0n) is 22.4. The largest absolute Gasteiger partial charge is 0.392 e. The lowest BCUT2D eigenvalue weighted by atomic mass is 9.73. The van der Waals surface area contributed by atoms with Crippen LogP contribution in [0, 0.1) is 53.3 Å². The summed E-state index contributed by atoms with van der Waals surface area (Å²) < 4.78 is 148. The van der Waals surface area contributed by atoms with Gasteiger partial charge in [0.1, 0.15) is 0 Å². The highest BCUT2D eigenvalue weighted by Gasteiger charge is 2.51. The van der Waals surface area contributed by atoms with Crippen LogP contribution in [0.2, 0.25) is 0 Å². The summed E-state index contributed by atoms with van der Waals surface area (Å²) in [7, 11) is 0. The first-order valence-electron chi connectivity index (χ1n) is 13.2. The molecule has 0 aromatic carbocycles. The molecule has 0 saturated heterocycles. The summed E-state index contributed by atoms with van der Waals surface area (Å²) >= 11 is 0. The zero-order chi connectivity index (χ0) is 29.9. The van der Waals surface area contributed by atoms with Crippen LogP contribution in [-0.4, -0.2) is 24.7 Å². The first-order valence-corrected chi connectivity index (χ1v) is 13.2. The topological polar surface area (TPSA) is 0 Å². The van der Waals surface area contributed by atoms with Crippen molar-refractivity contribution in [2.45, 2.75) is 111 Å². The fourth-order valence-corrected chi connectivity index (χ4v) is 6.20. The standard InChI is InChI=1S/C9H12F6.C9H15F3.C8H13F3/c1-5-2-6(8(10,11)12)4-7(3-5)9(13,14)15;1-6-4-3-5-8(7(6)2)9(10,11)12;1-5-3-6(2)7(4-5)8(9,10)11/h5-7H,2-4H2,1H3;6-8H,3-5H2,1-2H3;5-7H,3-4H2,1-2H3/t;6?,7-,8?;5-,6?,7?/m.10/s1. The third-order valence-corrected chi connectivity index (χ3v) is 8.53. The van der Waals surface area contributed by atoms with Gasteiger partial charge in [0.2, 0.25) is 0 Å². The predicted octanol–water partition coefficient (Wildman–Crippen LogP) is 11.0.